The van der Waals surface area contributed by atoms with Crippen LogP contribution in [0.4, 0.5) is 0 Å². The van der Waals surface area contributed by atoms with Gasteiger partial charge in [0.25, 0.3) is 0 Å². The molecule has 2 aromatic rings. The van der Waals surface area contributed by atoms with E-state index in [1.54, 1.807) is 12.1 Å². The van der Waals surface area contributed by atoms with Crippen LogP contribution in [0.3, 0.4) is 0 Å². The molecule has 0 saturated heterocycles. The standard InChI is InChI=1S/C10H7NO2.C4H6O2.Mg.2H/c12-10(13)9-6-5-7-3-1-2-4-8(7)11-9;1-3-4(5)6-2;;;/h1-6H,(H,12,13);3H,1H2,2H3;;;. The molecule has 20 heavy (non-hydrogen) atoms. The molecule has 0 radical (unpaired) electrons. The van der Waals surface area contributed by atoms with E-state index in [-0.39, 0.29) is 28.7 Å². The van der Waals surface area contributed by atoms with Crippen LogP contribution in [0.25, 0.3) is 10.9 Å². The minimum Gasteiger partial charge on any atom is -0.477 e. The number of carbonyl (C=O) groups is 2. The summed E-state index contributed by atoms with van der Waals surface area (Å²) >= 11 is 0. The Morgan fingerprint density at radius 2 is 1.90 bits per heavy atom. The SMILES string of the molecule is C=CC(=O)OC.O=C(O)c1ccc2ccccc2n1.[MgH2]. The number of esters is 1. The van der Waals surface area contributed by atoms with Crippen molar-refractivity contribution >= 4 is 45.9 Å². The number of ether oxygens (including phenoxy) is 1. The van der Waals surface area contributed by atoms with Crippen molar-refractivity contribution < 1.29 is 19.4 Å². The lowest BCUT2D eigenvalue weighted by Crippen LogP contribution is -1.99. The zero-order valence-corrected chi connectivity index (χ0v) is 10.4. The van der Waals surface area contributed by atoms with E-state index in [1.165, 1.54) is 13.2 Å². The van der Waals surface area contributed by atoms with Gasteiger partial charge < -0.3 is 9.84 Å². The smallest absolute Gasteiger partial charge is 0.354 e. The van der Waals surface area contributed by atoms with Crippen molar-refractivity contribution in [3.8, 4) is 0 Å². The number of fused-ring (bicyclic) bond motifs is 1. The Hall–Kier alpha value is -1.92. The summed E-state index contributed by atoms with van der Waals surface area (Å²) in [6.45, 7) is 3.16. The van der Waals surface area contributed by atoms with Gasteiger partial charge in [-0.15, -0.1) is 0 Å². The topological polar surface area (TPSA) is 76.5 Å². The second kappa shape index (κ2) is 9.06. The zero-order valence-electron chi connectivity index (χ0n) is 10.4. The molecule has 0 aliphatic carbocycles. The molecule has 1 N–H and O–H groups in total. The van der Waals surface area contributed by atoms with Gasteiger partial charge in [0, 0.05) is 11.5 Å². The summed E-state index contributed by atoms with van der Waals surface area (Å²) in [6, 6.07) is 10.7. The first-order chi connectivity index (χ1) is 9.08. The number of para-hydroxylation sites is 1. The highest BCUT2D eigenvalue weighted by molar-refractivity contribution is 5.89. The number of benzene rings is 1. The summed E-state index contributed by atoms with van der Waals surface area (Å²) in [4.78, 5) is 24.4. The summed E-state index contributed by atoms with van der Waals surface area (Å²) < 4.78 is 4.14. The zero-order chi connectivity index (χ0) is 14.3. The Balaban J connectivity index is 0.000000448. The highest BCUT2D eigenvalue weighted by atomic mass is 24.3. The maximum Gasteiger partial charge on any atom is 0.354 e. The van der Waals surface area contributed by atoms with Crippen molar-refractivity contribution in [1.82, 2.24) is 4.98 Å². The third kappa shape index (κ3) is 5.37. The van der Waals surface area contributed by atoms with Gasteiger partial charge in [0.2, 0.25) is 0 Å². The highest BCUT2D eigenvalue weighted by Crippen LogP contribution is 2.11. The van der Waals surface area contributed by atoms with Gasteiger partial charge in [-0.1, -0.05) is 30.8 Å². The molecule has 1 aromatic heterocycles. The number of pyridine rings is 1. The van der Waals surface area contributed by atoms with Crippen LogP contribution in [-0.2, 0) is 9.53 Å². The Labute approximate surface area is 132 Å². The summed E-state index contributed by atoms with van der Waals surface area (Å²) in [5, 5.41) is 9.63. The molecule has 102 valence electrons. The number of carboxylic acid groups (broad SMARTS) is 1. The maximum atomic E-state index is 10.6. The largest absolute Gasteiger partial charge is 0.477 e. The van der Waals surface area contributed by atoms with Crippen LogP contribution in [0.15, 0.2) is 49.1 Å². The van der Waals surface area contributed by atoms with E-state index in [0.717, 1.165) is 11.5 Å². The molecule has 0 aliphatic heterocycles. The molecule has 0 bridgehead atoms. The summed E-state index contributed by atoms with van der Waals surface area (Å²) in [6.07, 6.45) is 1.11. The number of carbonyl (C=O) groups excluding carboxylic acids is 1. The second-order valence-electron chi connectivity index (χ2n) is 3.42. The lowest BCUT2D eigenvalue weighted by Gasteiger charge is -1.97. The average Bonchev–Trinajstić information content (AvgIpc) is 2.46. The van der Waals surface area contributed by atoms with Crippen LogP contribution >= 0.6 is 0 Å². The second-order valence-corrected chi connectivity index (χ2v) is 3.42. The number of rotatable bonds is 2. The van der Waals surface area contributed by atoms with E-state index < -0.39 is 11.9 Å². The Bertz CT molecular complexity index is 613. The molecule has 0 saturated carbocycles. The van der Waals surface area contributed by atoms with Crippen LogP contribution in [0.5, 0.6) is 0 Å². The van der Waals surface area contributed by atoms with Gasteiger partial charge in [0.05, 0.1) is 12.6 Å². The van der Waals surface area contributed by atoms with E-state index in [0.29, 0.717) is 5.52 Å². The molecule has 0 atom stereocenters. The first-order valence-corrected chi connectivity index (χ1v) is 5.38. The molecule has 0 spiro atoms. The molecule has 6 heteroatoms. The first-order valence-electron chi connectivity index (χ1n) is 5.38. The average molecular weight is 286 g/mol. The molecule has 5 nitrogen and oxygen atoms in total. The first kappa shape index (κ1) is 18.1. The monoisotopic (exact) mass is 285 g/mol. The normalized spacial score (nSPS) is 8.65. The summed E-state index contributed by atoms with van der Waals surface area (Å²) in [5.74, 6) is -1.39. The van der Waals surface area contributed by atoms with E-state index in [4.69, 9.17) is 5.11 Å². The van der Waals surface area contributed by atoms with E-state index in [1.807, 2.05) is 18.2 Å². The molecular formula is C14H15MgNO4. The Morgan fingerprint density at radius 3 is 2.40 bits per heavy atom. The van der Waals surface area contributed by atoms with Gasteiger partial charge in [0.1, 0.15) is 5.69 Å². The van der Waals surface area contributed by atoms with Crippen molar-refractivity contribution in [2.45, 2.75) is 0 Å². The van der Waals surface area contributed by atoms with Crippen LogP contribution in [0.2, 0.25) is 0 Å². The molecule has 0 amide bonds. The van der Waals surface area contributed by atoms with Crippen molar-refractivity contribution in [1.29, 1.82) is 0 Å². The number of aromatic carboxylic acids is 1. The van der Waals surface area contributed by atoms with Gasteiger partial charge in [0.15, 0.2) is 0 Å². The minimum absolute atomic E-state index is 0. The van der Waals surface area contributed by atoms with Crippen molar-refractivity contribution in [2.24, 2.45) is 0 Å². The van der Waals surface area contributed by atoms with E-state index in [2.05, 4.69) is 16.3 Å². The molecule has 0 unspecified atom stereocenters. The Kier molecular flexibility index (Phi) is 8.18. The van der Waals surface area contributed by atoms with Crippen molar-refractivity contribution in [2.75, 3.05) is 7.11 Å². The van der Waals surface area contributed by atoms with Crippen LogP contribution in [0.1, 0.15) is 10.5 Å². The maximum absolute atomic E-state index is 10.6. The quantitative estimate of drug-likeness (QED) is 0.512. The third-order valence-corrected chi connectivity index (χ3v) is 2.19. The molecule has 0 aliphatic rings. The number of aromatic nitrogens is 1. The van der Waals surface area contributed by atoms with Gasteiger partial charge in [-0.05, 0) is 12.1 Å². The molecule has 2 rings (SSSR count). The lowest BCUT2D eigenvalue weighted by molar-refractivity contribution is -0.134. The number of hydrogen-bond donors (Lipinski definition) is 1. The van der Waals surface area contributed by atoms with Gasteiger partial charge in [-0.2, -0.15) is 0 Å². The number of methoxy groups -OCH3 is 1. The van der Waals surface area contributed by atoms with Crippen LogP contribution in [0, 0.1) is 0 Å². The van der Waals surface area contributed by atoms with Crippen LogP contribution in [-0.4, -0.2) is 52.2 Å². The third-order valence-electron chi connectivity index (χ3n) is 2.19. The van der Waals surface area contributed by atoms with E-state index in [9.17, 15) is 9.59 Å². The fourth-order valence-electron chi connectivity index (χ4n) is 1.27. The minimum atomic E-state index is -0.995. The number of nitrogens with zero attached hydrogens (tertiary/aromatic N) is 1. The fraction of sp³-hybridized carbons (Fsp3) is 0.0714. The molecule has 0 fully saturated rings. The van der Waals surface area contributed by atoms with Gasteiger partial charge in [-0.3, -0.25) is 0 Å². The fourth-order valence-corrected chi connectivity index (χ4v) is 1.27. The summed E-state index contributed by atoms with van der Waals surface area (Å²) in [5.41, 5.74) is 0.793. The number of hydrogen-bond acceptors (Lipinski definition) is 4. The van der Waals surface area contributed by atoms with Crippen molar-refractivity contribution in [3.05, 3.63) is 54.7 Å². The van der Waals surface area contributed by atoms with Gasteiger partial charge in [-0.25, -0.2) is 14.6 Å². The van der Waals surface area contributed by atoms with Crippen LogP contribution < -0.4 is 0 Å². The van der Waals surface area contributed by atoms with E-state index >= 15 is 0 Å². The summed E-state index contributed by atoms with van der Waals surface area (Å²) in [7, 11) is 1.31. The predicted octanol–water partition coefficient (Wildman–Crippen LogP) is 1.36. The van der Waals surface area contributed by atoms with Crippen molar-refractivity contribution in [3.63, 3.8) is 0 Å². The lowest BCUT2D eigenvalue weighted by atomic mass is 10.2. The highest BCUT2D eigenvalue weighted by Gasteiger charge is 2.03. The Morgan fingerprint density at radius 1 is 1.25 bits per heavy atom. The predicted molar refractivity (Wildman–Crippen MR) is 79.5 cm³/mol. The number of carboxylic acids is 1. The van der Waals surface area contributed by atoms with Gasteiger partial charge >= 0.3 is 35.0 Å². The molecular weight excluding hydrogens is 270 g/mol. The molecule has 1 aromatic carbocycles. The molecule has 1 heterocycles.